The summed E-state index contributed by atoms with van der Waals surface area (Å²) in [6.07, 6.45) is 1.06. The molecule has 0 radical (unpaired) electrons. The Balaban J connectivity index is 1.97. The van der Waals surface area contributed by atoms with E-state index in [1.54, 1.807) is 19.0 Å². The summed E-state index contributed by atoms with van der Waals surface area (Å²) in [5.41, 5.74) is 0.231. The summed E-state index contributed by atoms with van der Waals surface area (Å²) >= 11 is 3.30. The van der Waals surface area contributed by atoms with Crippen molar-refractivity contribution in [3.05, 3.63) is 34.1 Å². The zero-order valence-corrected chi connectivity index (χ0v) is 14.5. The number of nitrogens with zero attached hydrogens (tertiary/aromatic N) is 2. The van der Waals surface area contributed by atoms with Crippen LogP contribution in [-0.4, -0.2) is 60.5 Å². The Morgan fingerprint density at radius 1 is 1.39 bits per heavy atom. The molecule has 3 atom stereocenters. The molecular weight excluding hydrogens is 367 g/mol. The average molecular weight is 385 g/mol. The fraction of sp³-hybridized carbons (Fsp3) is 0.500. The third-order valence-corrected chi connectivity index (χ3v) is 5.13. The van der Waals surface area contributed by atoms with Crippen molar-refractivity contribution in [1.82, 2.24) is 9.80 Å². The molecule has 2 aliphatic rings. The molecule has 2 amide bonds. The van der Waals surface area contributed by atoms with E-state index in [1.807, 2.05) is 0 Å². The van der Waals surface area contributed by atoms with Crippen molar-refractivity contribution >= 4 is 27.7 Å². The molecular formula is C16H18BrFN2O3. The molecule has 5 nitrogen and oxygen atoms in total. The van der Waals surface area contributed by atoms with Crippen molar-refractivity contribution in [2.75, 3.05) is 20.7 Å². The van der Waals surface area contributed by atoms with Gasteiger partial charge in [0.2, 0.25) is 5.91 Å². The van der Waals surface area contributed by atoms with Gasteiger partial charge in [0.05, 0.1) is 17.7 Å². The van der Waals surface area contributed by atoms with Gasteiger partial charge in [-0.05, 0) is 40.5 Å². The maximum absolute atomic E-state index is 13.6. The van der Waals surface area contributed by atoms with Crippen molar-refractivity contribution in [1.29, 1.82) is 0 Å². The number of amides is 2. The quantitative estimate of drug-likeness (QED) is 0.783. The first-order valence-electron chi connectivity index (χ1n) is 7.50. The topological polar surface area (TPSA) is 49.9 Å². The first kappa shape index (κ1) is 16.4. The maximum Gasteiger partial charge on any atom is 0.256 e. The molecule has 0 saturated carbocycles. The van der Waals surface area contributed by atoms with E-state index in [0.29, 0.717) is 23.9 Å². The second-order valence-corrected chi connectivity index (χ2v) is 6.94. The number of likely N-dealkylation sites (tertiary alicyclic amines) is 1. The SMILES string of the molecule is CN(C)C(=O)C1C[C@@H]2OCC[C@@H]2N1C(=O)c1cc(F)ccc1Br. The molecule has 3 rings (SSSR count). The second-order valence-electron chi connectivity index (χ2n) is 6.09. The van der Waals surface area contributed by atoms with Crippen LogP contribution in [0.2, 0.25) is 0 Å². The number of likely N-dealkylation sites (N-methyl/N-ethyl adjacent to an activating group) is 1. The number of rotatable bonds is 2. The van der Waals surface area contributed by atoms with Crippen LogP contribution < -0.4 is 0 Å². The number of carbonyl (C=O) groups excluding carboxylic acids is 2. The molecule has 1 unspecified atom stereocenters. The van der Waals surface area contributed by atoms with E-state index in [0.717, 1.165) is 0 Å². The Labute approximate surface area is 142 Å². The summed E-state index contributed by atoms with van der Waals surface area (Å²) in [6, 6.07) is 3.29. The van der Waals surface area contributed by atoms with Crippen LogP contribution >= 0.6 is 15.9 Å². The number of hydrogen-bond donors (Lipinski definition) is 0. The van der Waals surface area contributed by atoms with E-state index in [1.165, 1.54) is 23.1 Å². The van der Waals surface area contributed by atoms with E-state index in [2.05, 4.69) is 15.9 Å². The number of ether oxygens (including phenoxy) is 1. The molecule has 2 aliphatic heterocycles. The summed E-state index contributed by atoms with van der Waals surface area (Å²) in [7, 11) is 3.33. The zero-order chi connectivity index (χ0) is 16.7. The second kappa shape index (κ2) is 6.20. The van der Waals surface area contributed by atoms with Crippen LogP contribution in [0.25, 0.3) is 0 Å². The molecule has 0 N–H and O–H groups in total. The number of hydrogen-bond acceptors (Lipinski definition) is 3. The fourth-order valence-corrected chi connectivity index (χ4v) is 3.77. The van der Waals surface area contributed by atoms with Crippen LogP contribution in [0.4, 0.5) is 4.39 Å². The lowest BCUT2D eigenvalue weighted by molar-refractivity contribution is -0.133. The van der Waals surface area contributed by atoms with Crippen LogP contribution in [0.15, 0.2) is 22.7 Å². The molecule has 2 heterocycles. The van der Waals surface area contributed by atoms with E-state index in [-0.39, 0.29) is 29.5 Å². The smallest absolute Gasteiger partial charge is 0.256 e. The predicted molar refractivity (Wildman–Crippen MR) is 85.5 cm³/mol. The Bertz CT molecular complexity index is 652. The van der Waals surface area contributed by atoms with E-state index < -0.39 is 11.9 Å². The highest BCUT2D eigenvalue weighted by atomic mass is 79.9. The van der Waals surface area contributed by atoms with Gasteiger partial charge in [-0.3, -0.25) is 9.59 Å². The Morgan fingerprint density at radius 2 is 2.13 bits per heavy atom. The number of carbonyl (C=O) groups is 2. The van der Waals surface area contributed by atoms with Gasteiger partial charge in [-0.15, -0.1) is 0 Å². The normalized spacial score (nSPS) is 26.3. The Hall–Kier alpha value is -1.47. The molecule has 0 bridgehead atoms. The van der Waals surface area contributed by atoms with Crippen molar-refractivity contribution < 1.29 is 18.7 Å². The molecule has 0 aliphatic carbocycles. The highest BCUT2D eigenvalue weighted by Gasteiger charge is 2.50. The molecule has 2 fully saturated rings. The summed E-state index contributed by atoms with van der Waals surface area (Å²) < 4.78 is 19.7. The average Bonchev–Trinajstić information content (AvgIpc) is 3.08. The Morgan fingerprint density at radius 3 is 2.83 bits per heavy atom. The van der Waals surface area contributed by atoms with Gasteiger partial charge < -0.3 is 14.5 Å². The summed E-state index contributed by atoms with van der Waals surface area (Å²) in [4.78, 5) is 28.5. The first-order chi connectivity index (χ1) is 10.9. The molecule has 0 aromatic heterocycles. The lowest BCUT2D eigenvalue weighted by atomic mass is 10.1. The van der Waals surface area contributed by atoms with Crippen molar-refractivity contribution in [2.45, 2.75) is 31.0 Å². The van der Waals surface area contributed by atoms with Crippen molar-refractivity contribution in [3.63, 3.8) is 0 Å². The van der Waals surface area contributed by atoms with Gasteiger partial charge in [0.1, 0.15) is 11.9 Å². The lowest BCUT2D eigenvalue weighted by Crippen LogP contribution is -2.48. The molecule has 124 valence electrons. The van der Waals surface area contributed by atoms with Crippen molar-refractivity contribution in [3.8, 4) is 0 Å². The van der Waals surface area contributed by atoms with Crippen LogP contribution in [0, 0.1) is 5.82 Å². The van der Waals surface area contributed by atoms with E-state index in [4.69, 9.17) is 4.74 Å². The van der Waals surface area contributed by atoms with Crippen LogP contribution in [0.3, 0.4) is 0 Å². The standard InChI is InChI=1S/C16H18BrFN2O3/c1-19(2)16(22)13-8-14-12(5-6-23-14)20(13)15(21)10-7-9(18)3-4-11(10)17/h3-4,7,12-14H,5-6,8H2,1-2H3/t12-,13?,14-/m0/s1. The number of halogens is 2. The summed E-state index contributed by atoms with van der Waals surface area (Å²) in [6.45, 7) is 0.576. The third-order valence-electron chi connectivity index (χ3n) is 4.44. The molecule has 1 aromatic rings. The highest BCUT2D eigenvalue weighted by molar-refractivity contribution is 9.10. The largest absolute Gasteiger partial charge is 0.376 e. The monoisotopic (exact) mass is 384 g/mol. The van der Waals surface area contributed by atoms with Gasteiger partial charge in [0.25, 0.3) is 5.91 Å². The number of fused-ring (bicyclic) bond motifs is 1. The first-order valence-corrected chi connectivity index (χ1v) is 8.30. The molecule has 23 heavy (non-hydrogen) atoms. The van der Waals surface area contributed by atoms with Gasteiger partial charge in [0.15, 0.2) is 0 Å². The van der Waals surface area contributed by atoms with Crippen LogP contribution in [0.5, 0.6) is 0 Å². The zero-order valence-electron chi connectivity index (χ0n) is 13.0. The van der Waals surface area contributed by atoms with Gasteiger partial charge in [-0.1, -0.05) is 0 Å². The van der Waals surface area contributed by atoms with Gasteiger partial charge in [-0.2, -0.15) is 0 Å². The van der Waals surface area contributed by atoms with Crippen LogP contribution in [0.1, 0.15) is 23.2 Å². The molecule has 2 saturated heterocycles. The highest BCUT2D eigenvalue weighted by Crippen LogP contribution is 2.36. The summed E-state index contributed by atoms with van der Waals surface area (Å²) in [5.74, 6) is -0.955. The van der Waals surface area contributed by atoms with Crippen molar-refractivity contribution in [2.24, 2.45) is 0 Å². The lowest BCUT2D eigenvalue weighted by Gasteiger charge is -2.30. The van der Waals surface area contributed by atoms with E-state index >= 15 is 0 Å². The fourth-order valence-electron chi connectivity index (χ4n) is 3.36. The Kier molecular flexibility index (Phi) is 4.42. The van der Waals surface area contributed by atoms with Gasteiger partial charge in [-0.25, -0.2) is 4.39 Å². The minimum absolute atomic E-state index is 0.125. The predicted octanol–water partition coefficient (Wildman–Crippen LogP) is 2.05. The van der Waals surface area contributed by atoms with Gasteiger partial charge >= 0.3 is 0 Å². The van der Waals surface area contributed by atoms with E-state index in [9.17, 15) is 14.0 Å². The number of benzene rings is 1. The van der Waals surface area contributed by atoms with Gasteiger partial charge in [0, 0.05) is 31.6 Å². The third kappa shape index (κ3) is 2.87. The molecule has 7 heteroatoms. The van der Waals surface area contributed by atoms with Crippen LogP contribution in [-0.2, 0) is 9.53 Å². The minimum Gasteiger partial charge on any atom is -0.376 e. The maximum atomic E-state index is 13.6. The minimum atomic E-state index is -0.567. The molecule has 0 spiro atoms. The molecule has 1 aromatic carbocycles. The summed E-state index contributed by atoms with van der Waals surface area (Å²) in [5, 5.41) is 0.